The van der Waals surface area contributed by atoms with E-state index in [0.717, 1.165) is 6.42 Å². The summed E-state index contributed by atoms with van der Waals surface area (Å²) in [6.45, 7) is 8.73. The van der Waals surface area contributed by atoms with Gasteiger partial charge in [-0.05, 0) is 23.6 Å². The third-order valence-electron chi connectivity index (χ3n) is 2.98. The molecule has 1 rings (SSSR count). The minimum atomic E-state index is -0.635. The van der Waals surface area contributed by atoms with Gasteiger partial charge < -0.3 is 10.1 Å². The number of ether oxygens (including phenoxy) is 1. The van der Waals surface area contributed by atoms with E-state index < -0.39 is 11.6 Å². The van der Waals surface area contributed by atoms with Crippen molar-refractivity contribution in [1.29, 1.82) is 0 Å². The number of hydrogen-bond acceptors (Lipinski definition) is 2. The van der Waals surface area contributed by atoms with Crippen LogP contribution in [0, 0.1) is 17.6 Å². The summed E-state index contributed by atoms with van der Waals surface area (Å²) in [6.07, 6.45) is 0.916. The van der Waals surface area contributed by atoms with Crippen LogP contribution in [-0.4, -0.2) is 12.6 Å². The van der Waals surface area contributed by atoms with Crippen molar-refractivity contribution in [2.75, 3.05) is 6.61 Å². The maximum Gasteiger partial charge on any atom is 0.190 e. The summed E-state index contributed by atoms with van der Waals surface area (Å²) in [7, 11) is 0. The van der Waals surface area contributed by atoms with Gasteiger partial charge in [-0.3, -0.25) is 0 Å². The summed E-state index contributed by atoms with van der Waals surface area (Å²) in [6, 6.07) is 2.92. The van der Waals surface area contributed by atoms with Crippen LogP contribution in [0.2, 0.25) is 0 Å². The molecule has 0 spiro atoms. The highest BCUT2D eigenvalue weighted by atomic mass is 19.1. The Labute approximate surface area is 114 Å². The van der Waals surface area contributed by atoms with Gasteiger partial charge in [0.1, 0.15) is 0 Å². The molecule has 108 valence electrons. The lowest BCUT2D eigenvalue weighted by atomic mass is 10.1. The monoisotopic (exact) mass is 271 g/mol. The van der Waals surface area contributed by atoms with E-state index in [2.05, 4.69) is 5.32 Å². The Morgan fingerprint density at radius 1 is 1.16 bits per heavy atom. The van der Waals surface area contributed by atoms with Crippen LogP contribution >= 0.6 is 0 Å². The summed E-state index contributed by atoms with van der Waals surface area (Å²) in [4.78, 5) is 0. The van der Waals surface area contributed by atoms with Crippen LogP contribution in [0.4, 0.5) is 8.78 Å². The molecule has 0 amide bonds. The van der Waals surface area contributed by atoms with Crippen LogP contribution in [0.25, 0.3) is 0 Å². The molecule has 0 heterocycles. The van der Waals surface area contributed by atoms with Crippen molar-refractivity contribution in [2.24, 2.45) is 5.92 Å². The zero-order valence-electron chi connectivity index (χ0n) is 12.1. The average Bonchev–Trinajstić information content (AvgIpc) is 2.34. The number of hydrogen-bond donors (Lipinski definition) is 1. The van der Waals surface area contributed by atoms with Gasteiger partial charge in [-0.2, -0.15) is 0 Å². The van der Waals surface area contributed by atoms with Gasteiger partial charge in [0.05, 0.1) is 6.61 Å². The molecule has 0 saturated heterocycles. The lowest BCUT2D eigenvalue weighted by Gasteiger charge is -2.14. The second-order valence-electron chi connectivity index (χ2n) is 5.25. The standard InChI is InChI=1S/C15H23F2NO/c1-5-11(4)9-19-15-13(16)6-12(7-14(15)17)8-18-10(2)3/h6-7,10-11,18H,5,8-9H2,1-4H3. The maximum atomic E-state index is 13.8. The SMILES string of the molecule is CCC(C)COc1c(F)cc(CNC(C)C)cc1F. The molecule has 1 aromatic carbocycles. The predicted octanol–water partition coefficient (Wildman–Crippen LogP) is 3.89. The van der Waals surface area contributed by atoms with E-state index >= 15 is 0 Å². The second-order valence-corrected chi connectivity index (χ2v) is 5.25. The first-order valence-electron chi connectivity index (χ1n) is 6.78. The quantitative estimate of drug-likeness (QED) is 0.812. The van der Waals surface area contributed by atoms with Crippen molar-refractivity contribution in [3.8, 4) is 5.75 Å². The Hall–Kier alpha value is -1.16. The zero-order valence-corrected chi connectivity index (χ0v) is 12.1. The van der Waals surface area contributed by atoms with Gasteiger partial charge in [-0.15, -0.1) is 0 Å². The van der Waals surface area contributed by atoms with Crippen LogP contribution in [0.5, 0.6) is 5.75 Å². The van der Waals surface area contributed by atoms with Gasteiger partial charge in [0, 0.05) is 12.6 Å². The third-order valence-corrected chi connectivity index (χ3v) is 2.98. The molecule has 0 aliphatic rings. The van der Waals surface area contributed by atoms with Crippen LogP contribution in [-0.2, 0) is 6.54 Å². The maximum absolute atomic E-state index is 13.8. The molecule has 0 saturated carbocycles. The first-order valence-corrected chi connectivity index (χ1v) is 6.78. The molecule has 4 heteroatoms. The van der Waals surface area contributed by atoms with Crippen molar-refractivity contribution in [3.05, 3.63) is 29.3 Å². The smallest absolute Gasteiger partial charge is 0.190 e. The minimum absolute atomic E-state index is 0.270. The highest BCUT2D eigenvalue weighted by Crippen LogP contribution is 2.24. The molecule has 1 atom stereocenters. The summed E-state index contributed by atoms with van der Waals surface area (Å²) in [5.41, 5.74) is 0.583. The molecule has 1 N–H and O–H groups in total. The Morgan fingerprint density at radius 2 is 1.74 bits per heavy atom. The molecule has 0 aliphatic carbocycles. The normalized spacial score (nSPS) is 12.8. The Balaban J connectivity index is 2.73. The fraction of sp³-hybridized carbons (Fsp3) is 0.600. The molecule has 0 bridgehead atoms. The fourth-order valence-electron chi connectivity index (χ4n) is 1.52. The van der Waals surface area contributed by atoms with E-state index in [1.165, 1.54) is 12.1 Å². The topological polar surface area (TPSA) is 21.3 Å². The molecule has 0 radical (unpaired) electrons. The van der Waals surface area contributed by atoms with Gasteiger partial charge in [-0.1, -0.05) is 34.1 Å². The van der Waals surface area contributed by atoms with Crippen molar-refractivity contribution in [1.82, 2.24) is 5.32 Å². The molecule has 19 heavy (non-hydrogen) atoms. The minimum Gasteiger partial charge on any atom is -0.487 e. The predicted molar refractivity (Wildman–Crippen MR) is 73.3 cm³/mol. The number of rotatable bonds is 7. The summed E-state index contributed by atoms with van der Waals surface area (Å²) in [5.74, 6) is -1.26. The third kappa shape index (κ3) is 5.15. The molecule has 0 aliphatic heterocycles. The zero-order chi connectivity index (χ0) is 14.4. The van der Waals surface area contributed by atoms with Crippen molar-refractivity contribution in [3.63, 3.8) is 0 Å². The molecule has 0 aromatic heterocycles. The molecule has 1 unspecified atom stereocenters. The largest absolute Gasteiger partial charge is 0.487 e. The van der Waals surface area contributed by atoms with E-state index in [9.17, 15) is 8.78 Å². The summed E-state index contributed by atoms with van der Waals surface area (Å²) < 4.78 is 32.8. The summed E-state index contributed by atoms with van der Waals surface area (Å²) in [5, 5.41) is 3.12. The van der Waals surface area contributed by atoms with Crippen LogP contribution in [0.3, 0.4) is 0 Å². The van der Waals surface area contributed by atoms with Crippen LogP contribution < -0.4 is 10.1 Å². The first-order chi connectivity index (χ1) is 8.93. The molecular formula is C15H23F2NO. The van der Waals surface area contributed by atoms with Crippen LogP contribution in [0.1, 0.15) is 39.7 Å². The second kappa shape index (κ2) is 7.43. The molecule has 0 fully saturated rings. The Kier molecular flexibility index (Phi) is 6.22. The van der Waals surface area contributed by atoms with E-state index in [1.807, 2.05) is 27.7 Å². The van der Waals surface area contributed by atoms with Gasteiger partial charge in [-0.25, -0.2) is 8.78 Å². The highest BCUT2D eigenvalue weighted by molar-refractivity contribution is 5.31. The van der Waals surface area contributed by atoms with Gasteiger partial charge >= 0.3 is 0 Å². The van der Waals surface area contributed by atoms with E-state index in [1.54, 1.807) is 0 Å². The van der Waals surface area contributed by atoms with Gasteiger partial charge in [0.2, 0.25) is 0 Å². The van der Waals surface area contributed by atoms with E-state index in [0.29, 0.717) is 18.7 Å². The van der Waals surface area contributed by atoms with E-state index in [-0.39, 0.29) is 17.7 Å². The first kappa shape index (κ1) is 15.9. The average molecular weight is 271 g/mol. The summed E-state index contributed by atoms with van der Waals surface area (Å²) >= 11 is 0. The Bertz CT molecular complexity index is 384. The molecular weight excluding hydrogens is 248 g/mol. The van der Waals surface area contributed by atoms with Crippen LogP contribution in [0.15, 0.2) is 12.1 Å². The fourth-order valence-corrected chi connectivity index (χ4v) is 1.52. The molecule has 1 aromatic rings. The highest BCUT2D eigenvalue weighted by Gasteiger charge is 2.13. The molecule has 2 nitrogen and oxygen atoms in total. The Morgan fingerprint density at radius 3 is 2.21 bits per heavy atom. The number of nitrogens with one attached hydrogen (secondary N) is 1. The van der Waals surface area contributed by atoms with Gasteiger partial charge in [0.25, 0.3) is 0 Å². The number of halogens is 2. The van der Waals surface area contributed by atoms with Crippen molar-refractivity contribution >= 4 is 0 Å². The van der Waals surface area contributed by atoms with Gasteiger partial charge in [0.15, 0.2) is 17.4 Å². The van der Waals surface area contributed by atoms with Crippen molar-refractivity contribution in [2.45, 2.75) is 46.7 Å². The lowest BCUT2D eigenvalue weighted by Crippen LogP contribution is -2.22. The van der Waals surface area contributed by atoms with Crippen molar-refractivity contribution < 1.29 is 13.5 Å². The van der Waals surface area contributed by atoms with E-state index in [4.69, 9.17) is 4.74 Å². The number of benzene rings is 1. The lowest BCUT2D eigenvalue weighted by molar-refractivity contribution is 0.235.